The van der Waals surface area contributed by atoms with Gasteiger partial charge in [0.05, 0.1) is 17.1 Å². The molecule has 1 amide bonds. The molecular formula is C24H25N5O. The van der Waals surface area contributed by atoms with Gasteiger partial charge < -0.3 is 5.32 Å². The average molecular weight is 399 g/mol. The van der Waals surface area contributed by atoms with Gasteiger partial charge in [-0.2, -0.15) is 0 Å². The van der Waals surface area contributed by atoms with Crippen molar-refractivity contribution in [3.8, 4) is 0 Å². The van der Waals surface area contributed by atoms with E-state index in [0.29, 0.717) is 5.92 Å². The van der Waals surface area contributed by atoms with Crippen molar-refractivity contribution in [1.29, 1.82) is 0 Å². The number of nitrogens with one attached hydrogen (secondary N) is 1. The van der Waals surface area contributed by atoms with Gasteiger partial charge in [0, 0.05) is 17.7 Å². The molecule has 2 fully saturated rings. The molecule has 1 N–H and O–H groups in total. The molecule has 1 saturated heterocycles. The average Bonchev–Trinajstić information content (AvgIpc) is 3.26. The predicted octanol–water partition coefficient (Wildman–Crippen LogP) is 3.35. The van der Waals surface area contributed by atoms with Crippen molar-refractivity contribution in [2.75, 3.05) is 11.4 Å². The molecule has 0 bridgehead atoms. The third-order valence-corrected chi connectivity index (χ3v) is 6.95. The fourth-order valence-electron chi connectivity index (χ4n) is 5.26. The van der Waals surface area contributed by atoms with Crippen LogP contribution in [-0.2, 0) is 24.2 Å². The lowest BCUT2D eigenvalue weighted by molar-refractivity contribution is -0.118. The van der Waals surface area contributed by atoms with E-state index in [9.17, 15) is 4.79 Å². The number of carbonyl (C=O) groups is 1. The number of benzene rings is 2. The lowest BCUT2D eigenvalue weighted by atomic mass is 9.95. The van der Waals surface area contributed by atoms with Crippen LogP contribution in [0.4, 0.5) is 11.4 Å². The van der Waals surface area contributed by atoms with Crippen LogP contribution >= 0.6 is 0 Å². The molecule has 30 heavy (non-hydrogen) atoms. The highest BCUT2D eigenvalue weighted by molar-refractivity contribution is 6.02. The zero-order chi connectivity index (χ0) is 20.1. The van der Waals surface area contributed by atoms with E-state index < -0.39 is 0 Å². The first kappa shape index (κ1) is 17.8. The van der Waals surface area contributed by atoms with Crippen LogP contribution in [0.2, 0.25) is 0 Å². The summed E-state index contributed by atoms with van der Waals surface area (Å²) >= 11 is 0. The Balaban J connectivity index is 1.31. The zero-order valence-corrected chi connectivity index (χ0v) is 16.9. The molecule has 3 heterocycles. The number of rotatable bonds is 3. The van der Waals surface area contributed by atoms with E-state index in [2.05, 4.69) is 27.8 Å². The van der Waals surface area contributed by atoms with E-state index in [4.69, 9.17) is 0 Å². The number of fused-ring (bicyclic) bond motifs is 2. The van der Waals surface area contributed by atoms with Crippen molar-refractivity contribution in [2.24, 2.45) is 0 Å². The maximum atomic E-state index is 13.5. The summed E-state index contributed by atoms with van der Waals surface area (Å²) in [6, 6.07) is 16.4. The van der Waals surface area contributed by atoms with Crippen molar-refractivity contribution in [1.82, 2.24) is 20.3 Å². The molecule has 6 nitrogen and oxygen atoms in total. The topological polar surface area (TPSA) is 63.1 Å². The number of anilines is 2. The second-order valence-corrected chi connectivity index (χ2v) is 8.75. The summed E-state index contributed by atoms with van der Waals surface area (Å²) < 4.78 is 1.71. The van der Waals surface area contributed by atoms with Crippen LogP contribution < -0.4 is 10.2 Å². The largest absolute Gasteiger partial charge is 0.311 e. The van der Waals surface area contributed by atoms with Gasteiger partial charge in [0.25, 0.3) is 5.91 Å². The maximum absolute atomic E-state index is 13.5. The van der Waals surface area contributed by atoms with Crippen LogP contribution in [0.25, 0.3) is 0 Å². The molecule has 1 aromatic heterocycles. The number of aromatic nitrogens is 3. The first-order chi connectivity index (χ1) is 14.7. The SMILES string of the molecule is O=C(Cn1cc(C2CCNC23CC3)nn1)N1c2ccccc2CCc2ccccc21. The molecule has 152 valence electrons. The molecule has 3 aliphatic rings. The molecular weight excluding hydrogens is 374 g/mol. The highest BCUT2D eigenvalue weighted by Crippen LogP contribution is 2.51. The number of hydrogen-bond acceptors (Lipinski definition) is 4. The number of hydrogen-bond donors (Lipinski definition) is 1. The fraction of sp³-hybridized carbons (Fsp3) is 0.375. The third-order valence-electron chi connectivity index (χ3n) is 6.95. The zero-order valence-electron chi connectivity index (χ0n) is 16.9. The summed E-state index contributed by atoms with van der Waals surface area (Å²) in [5, 5.41) is 12.4. The monoisotopic (exact) mass is 399 g/mol. The summed E-state index contributed by atoms with van der Waals surface area (Å²) in [5.41, 5.74) is 5.62. The van der Waals surface area contributed by atoms with Gasteiger partial charge in [0.15, 0.2) is 0 Å². The highest BCUT2D eigenvalue weighted by Gasteiger charge is 2.53. The quantitative estimate of drug-likeness (QED) is 0.734. The Labute approximate surface area is 175 Å². The number of aryl methyl sites for hydroxylation is 2. The molecule has 3 aromatic rings. The Kier molecular flexibility index (Phi) is 4.03. The van der Waals surface area contributed by atoms with Crippen LogP contribution in [0.1, 0.15) is 42.0 Å². The molecule has 6 rings (SSSR count). The number of carbonyl (C=O) groups excluding carboxylic acids is 1. The summed E-state index contributed by atoms with van der Waals surface area (Å²) in [6.07, 6.45) is 7.36. The van der Waals surface area contributed by atoms with E-state index in [1.165, 1.54) is 24.0 Å². The van der Waals surface area contributed by atoms with Crippen molar-refractivity contribution in [3.05, 3.63) is 71.5 Å². The van der Waals surface area contributed by atoms with E-state index in [-0.39, 0.29) is 18.0 Å². The second-order valence-electron chi connectivity index (χ2n) is 8.75. The minimum absolute atomic E-state index is 0.0129. The van der Waals surface area contributed by atoms with Gasteiger partial charge in [-0.05, 0) is 61.9 Å². The first-order valence-electron chi connectivity index (χ1n) is 10.9. The molecule has 2 aliphatic heterocycles. The molecule has 1 spiro atoms. The number of amides is 1. The smallest absolute Gasteiger partial charge is 0.253 e. The molecule has 1 atom stereocenters. The summed E-state index contributed by atoms with van der Waals surface area (Å²) in [7, 11) is 0. The molecule has 1 saturated carbocycles. The Hall–Kier alpha value is -2.99. The van der Waals surface area contributed by atoms with Gasteiger partial charge in [0.1, 0.15) is 6.54 Å². The van der Waals surface area contributed by atoms with Gasteiger partial charge in [-0.1, -0.05) is 41.6 Å². The van der Waals surface area contributed by atoms with Crippen molar-refractivity contribution in [2.45, 2.75) is 50.1 Å². The Morgan fingerprint density at radius 2 is 1.70 bits per heavy atom. The van der Waals surface area contributed by atoms with E-state index in [1.807, 2.05) is 47.5 Å². The van der Waals surface area contributed by atoms with Crippen LogP contribution in [0.3, 0.4) is 0 Å². The number of nitrogens with zero attached hydrogens (tertiary/aromatic N) is 4. The van der Waals surface area contributed by atoms with Gasteiger partial charge in [-0.3, -0.25) is 9.69 Å². The minimum Gasteiger partial charge on any atom is -0.311 e. The van der Waals surface area contributed by atoms with E-state index >= 15 is 0 Å². The van der Waals surface area contributed by atoms with Gasteiger partial charge in [-0.25, -0.2) is 4.68 Å². The molecule has 0 radical (unpaired) electrons. The predicted molar refractivity (Wildman–Crippen MR) is 115 cm³/mol. The van der Waals surface area contributed by atoms with Crippen LogP contribution in [0, 0.1) is 0 Å². The van der Waals surface area contributed by atoms with Crippen LogP contribution in [-0.4, -0.2) is 33.0 Å². The molecule has 1 aliphatic carbocycles. The van der Waals surface area contributed by atoms with E-state index in [0.717, 1.165) is 42.9 Å². The standard InChI is InChI=1S/C24H25N5O/c30-23(16-28-15-20(26-27-28)19-11-14-25-24(19)12-13-24)29-21-7-3-1-5-17(21)9-10-18-6-2-4-8-22(18)29/h1-8,15,19,25H,9-14,16H2. The van der Waals surface area contributed by atoms with Crippen LogP contribution in [0.15, 0.2) is 54.7 Å². The third kappa shape index (κ3) is 2.86. The molecule has 2 aromatic carbocycles. The molecule has 6 heteroatoms. The Morgan fingerprint density at radius 3 is 2.37 bits per heavy atom. The summed E-state index contributed by atoms with van der Waals surface area (Å²) in [4.78, 5) is 15.4. The Morgan fingerprint density at radius 1 is 1.03 bits per heavy atom. The highest BCUT2D eigenvalue weighted by atomic mass is 16.2. The lowest BCUT2D eigenvalue weighted by Gasteiger charge is -2.25. The Bertz CT molecular complexity index is 1070. The summed E-state index contributed by atoms with van der Waals surface area (Å²) in [5.74, 6) is 0.430. The van der Waals surface area contributed by atoms with Crippen molar-refractivity contribution in [3.63, 3.8) is 0 Å². The van der Waals surface area contributed by atoms with Crippen molar-refractivity contribution < 1.29 is 4.79 Å². The second kappa shape index (κ2) is 6.77. The van der Waals surface area contributed by atoms with Gasteiger partial charge in [-0.15, -0.1) is 5.10 Å². The van der Waals surface area contributed by atoms with Gasteiger partial charge >= 0.3 is 0 Å². The minimum atomic E-state index is 0.0129. The van der Waals surface area contributed by atoms with Crippen LogP contribution in [0.5, 0.6) is 0 Å². The normalized spacial score (nSPS) is 21.2. The lowest BCUT2D eigenvalue weighted by Crippen LogP contribution is -2.30. The van der Waals surface area contributed by atoms with E-state index in [1.54, 1.807) is 4.68 Å². The number of para-hydroxylation sites is 2. The van der Waals surface area contributed by atoms with Crippen molar-refractivity contribution >= 4 is 17.3 Å². The fourth-order valence-corrected chi connectivity index (χ4v) is 5.26. The van der Waals surface area contributed by atoms with Gasteiger partial charge in [0.2, 0.25) is 0 Å². The maximum Gasteiger partial charge on any atom is 0.253 e. The summed E-state index contributed by atoms with van der Waals surface area (Å²) in [6.45, 7) is 1.22. The first-order valence-corrected chi connectivity index (χ1v) is 10.9. The molecule has 1 unspecified atom stereocenters.